The number of carboxylic acid groups (broad SMARTS) is 1. The monoisotopic (exact) mass is 368 g/mol. The topological polar surface area (TPSA) is 124 Å². The largest absolute Gasteiger partial charge is 0.481 e. The average molecular weight is 368 g/mol. The number of carboxylic acids is 1. The van der Waals surface area contributed by atoms with E-state index in [1.807, 2.05) is 6.92 Å². The molecule has 0 heterocycles. The van der Waals surface area contributed by atoms with Crippen molar-refractivity contribution in [3.63, 3.8) is 0 Å². The van der Waals surface area contributed by atoms with Gasteiger partial charge in [-0.25, -0.2) is 0 Å². The molecule has 0 spiro atoms. The SMILES string of the molecule is CC/C=C(\C/C=C\C/C(=C\CCCCCCCC(=O)O)[N+](=O)[O-])[N+](=O)[O-]. The first-order valence-corrected chi connectivity index (χ1v) is 8.92. The average Bonchev–Trinajstić information content (AvgIpc) is 2.57. The molecule has 0 amide bonds. The van der Waals surface area contributed by atoms with Gasteiger partial charge in [-0.3, -0.25) is 25.0 Å². The molecular formula is C18H28N2O6. The summed E-state index contributed by atoms with van der Waals surface area (Å²) in [6, 6.07) is 0. The molecule has 0 unspecified atom stereocenters. The molecule has 0 aliphatic carbocycles. The van der Waals surface area contributed by atoms with Crippen LogP contribution < -0.4 is 0 Å². The van der Waals surface area contributed by atoms with Crippen LogP contribution in [0.3, 0.4) is 0 Å². The van der Waals surface area contributed by atoms with Crippen molar-refractivity contribution < 1.29 is 19.7 Å². The maximum Gasteiger partial charge on any atom is 0.303 e. The van der Waals surface area contributed by atoms with Gasteiger partial charge in [0, 0.05) is 6.42 Å². The van der Waals surface area contributed by atoms with Crippen LogP contribution in [0.4, 0.5) is 0 Å². The number of hydrogen-bond acceptors (Lipinski definition) is 5. The van der Waals surface area contributed by atoms with Gasteiger partial charge in [-0.2, -0.15) is 0 Å². The van der Waals surface area contributed by atoms with Crippen LogP contribution in [0.15, 0.2) is 35.7 Å². The van der Waals surface area contributed by atoms with Gasteiger partial charge in [0.1, 0.15) is 0 Å². The van der Waals surface area contributed by atoms with E-state index < -0.39 is 15.8 Å². The Morgan fingerprint density at radius 1 is 0.885 bits per heavy atom. The van der Waals surface area contributed by atoms with Crippen LogP contribution in [0, 0.1) is 20.2 Å². The van der Waals surface area contributed by atoms with E-state index in [-0.39, 0.29) is 30.7 Å². The fraction of sp³-hybridized carbons (Fsp3) is 0.611. The molecular weight excluding hydrogens is 340 g/mol. The Kier molecular flexibility index (Phi) is 13.4. The number of aliphatic carboxylic acids is 1. The highest BCUT2D eigenvalue weighted by atomic mass is 16.6. The zero-order valence-corrected chi connectivity index (χ0v) is 15.3. The lowest BCUT2D eigenvalue weighted by atomic mass is 10.1. The maximum absolute atomic E-state index is 11.0. The van der Waals surface area contributed by atoms with E-state index in [4.69, 9.17) is 5.11 Å². The van der Waals surface area contributed by atoms with E-state index in [0.29, 0.717) is 19.3 Å². The highest BCUT2D eigenvalue weighted by Gasteiger charge is 2.09. The summed E-state index contributed by atoms with van der Waals surface area (Å²) in [5.74, 6) is -0.785. The van der Waals surface area contributed by atoms with Gasteiger partial charge in [0.2, 0.25) is 11.4 Å². The molecule has 0 aliphatic rings. The van der Waals surface area contributed by atoms with Crippen molar-refractivity contribution in [2.45, 2.75) is 71.1 Å². The third-order valence-corrected chi connectivity index (χ3v) is 3.70. The van der Waals surface area contributed by atoms with E-state index in [1.165, 1.54) is 6.08 Å². The second kappa shape index (κ2) is 14.8. The van der Waals surface area contributed by atoms with Gasteiger partial charge in [0.15, 0.2) is 0 Å². The quantitative estimate of drug-likeness (QED) is 0.190. The van der Waals surface area contributed by atoms with Crippen LogP contribution in [-0.2, 0) is 4.79 Å². The van der Waals surface area contributed by atoms with Gasteiger partial charge in [-0.15, -0.1) is 0 Å². The number of allylic oxidation sites excluding steroid dienone is 4. The second-order valence-electron chi connectivity index (χ2n) is 5.89. The second-order valence-corrected chi connectivity index (χ2v) is 5.89. The van der Waals surface area contributed by atoms with Crippen molar-refractivity contribution in [3.8, 4) is 0 Å². The van der Waals surface area contributed by atoms with E-state index >= 15 is 0 Å². The molecule has 0 aromatic carbocycles. The van der Waals surface area contributed by atoms with Crippen molar-refractivity contribution in [2.24, 2.45) is 0 Å². The molecule has 0 radical (unpaired) electrons. The van der Waals surface area contributed by atoms with Crippen molar-refractivity contribution in [3.05, 3.63) is 55.9 Å². The van der Waals surface area contributed by atoms with Gasteiger partial charge >= 0.3 is 5.97 Å². The molecule has 8 heteroatoms. The summed E-state index contributed by atoms with van der Waals surface area (Å²) in [5, 5.41) is 30.3. The van der Waals surface area contributed by atoms with Crippen molar-refractivity contribution in [1.29, 1.82) is 0 Å². The van der Waals surface area contributed by atoms with Crippen LogP contribution in [0.1, 0.15) is 71.1 Å². The molecule has 0 saturated heterocycles. The standard InChI is InChI=1S/C18H28N2O6/c1-2-11-16(19(23)24)13-9-10-14-17(20(25)26)12-7-5-3-4-6-8-15-18(21)22/h9-12H,2-8,13-15H2,1H3,(H,21,22)/b10-9-,16-11+,17-12+. The first kappa shape index (κ1) is 23.5. The Labute approximate surface area is 153 Å². The summed E-state index contributed by atoms with van der Waals surface area (Å²) >= 11 is 0. The van der Waals surface area contributed by atoms with E-state index in [9.17, 15) is 25.0 Å². The molecule has 1 N–H and O–H groups in total. The Morgan fingerprint density at radius 2 is 1.38 bits per heavy atom. The molecule has 0 aromatic rings. The zero-order chi connectivity index (χ0) is 19.8. The lowest BCUT2D eigenvalue weighted by Crippen LogP contribution is -1.99. The minimum Gasteiger partial charge on any atom is -0.481 e. The molecule has 0 bridgehead atoms. The van der Waals surface area contributed by atoms with Crippen LogP contribution in [-0.4, -0.2) is 20.9 Å². The summed E-state index contributed by atoms with van der Waals surface area (Å²) in [7, 11) is 0. The number of carbonyl (C=O) groups is 1. The number of unbranched alkanes of at least 4 members (excludes halogenated alkanes) is 5. The third kappa shape index (κ3) is 12.9. The summed E-state index contributed by atoms with van der Waals surface area (Å²) in [4.78, 5) is 31.3. The smallest absolute Gasteiger partial charge is 0.303 e. The Morgan fingerprint density at radius 3 is 1.88 bits per heavy atom. The number of nitro groups is 2. The van der Waals surface area contributed by atoms with Gasteiger partial charge < -0.3 is 5.11 Å². The molecule has 0 aromatic heterocycles. The molecule has 0 saturated carbocycles. The highest BCUT2D eigenvalue weighted by molar-refractivity contribution is 5.66. The molecule has 26 heavy (non-hydrogen) atoms. The predicted octanol–water partition coefficient (Wildman–Crippen LogP) is 4.87. The highest BCUT2D eigenvalue weighted by Crippen LogP contribution is 2.12. The maximum atomic E-state index is 11.0. The van der Waals surface area contributed by atoms with Gasteiger partial charge in [-0.1, -0.05) is 38.3 Å². The molecule has 8 nitrogen and oxygen atoms in total. The third-order valence-electron chi connectivity index (χ3n) is 3.70. The van der Waals surface area contributed by atoms with Gasteiger partial charge in [0.25, 0.3) is 0 Å². The minimum absolute atomic E-state index is 0.0919. The van der Waals surface area contributed by atoms with Gasteiger partial charge in [0.05, 0.1) is 22.7 Å². The fourth-order valence-corrected chi connectivity index (χ4v) is 2.33. The first-order valence-electron chi connectivity index (χ1n) is 8.92. The summed E-state index contributed by atoms with van der Waals surface area (Å²) in [6.45, 7) is 1.81. The lowest BCUT2D eigenvalue weighted by molar-refractivity contribution is -0.427. The molecule has 0 aliphatic heterocycles. The van der Waals surface area contributed by atoms with E-state index in [1.54, 1.807) is 18.2 Å². The summed E-state index contributed by atoms with van der Waals surface area (Å²) in [5.41, 5.74) is 0.188. The van der Waals surface area contributed by atoms with Crippen LogP contribution in [0.25, 0.3) is 0 Å². The van der Waals surface area contributed by atoms with Crippen molar-refractivity contribution in [1.82, 2.24) is 0 Å². The Hall–Kier alpha value is -2.51. The Balaban J connectivity index is 4.19. The van der Waals surface area contributed by atoms with Crippen molar-refractivity contribution >= 4 is 5.97 Å². The van der Waals surface area contributed by atoms with E-state index in [0.717, 1.165) is 25.7 Å². The zero-order valence-electron chi connectivity index (χ0n) is 15.3. The van der Waals surface area contributed by atoms with E-state index in [2.05, 4.69) is 0 Å². The lowest BCUT2D eigenvalue weighted by Gasteiger charge is -1.99. The van der Waals surface area contributed by atoms with Crippen LogP contribution >= 0.6 is 0 Å². The number of rotatable bonds is 15. The minimum atomic E-state index is -0.785. The fourth-order valence-electron chi connectivity index (χ4n) is 2.33. The number of hydrogen-bond donors (Lipinski definition) is 1. The Bertz CT molecular complexity index is 552. The van der Waals surface area contributed by atoms with Crippen LogP contribution in [0.5, 0.6) is 0 Å². The normalized spacial score (nSPS) is 12.5. The van der Waals surface area contributed by atoms with Gasteiger partial charge in [-0.05, 0) is 37.8 Å². The summed E-state index contributed by atoms with van der Waals surface area (Å²) in [6.07, 6.45) is 12.1. The molecule has 0 rings (SSSR count). The van der Waals surface area contributed by atoms with Crippen molar-refractivity contribution in [2.75, 3.05) is 0 Å². The first-order chi connectivity index (χ1) is 12.4. The molecule has 0 atom stereocenters. The predicted molar refractivity (Wildman–Crippen MR) is 98.8 cm³/mol. The molecule has 0 fully saturated rings. The van der Waals surface area contributed by atoms with Crippen LogP contribution in [0.2, 0.25) is 0 Å². The molecule has 146 valence electrons. The summed E-state index contributed by atoms with van der Waals surface area (Å²) < 4.78 is 0. The number of nitrogens with zero attached hydrogens (tertiary/aromatic N) is 2.